The zero-order chi connectivity index (χ0) is 31.4. The van der Waals surface area contributed by atoms with Crippen molar-refractivity contribution in [2.75, 3.05) is 33.0 Å². The van der Waals surface area contributed by atoms with Crippen LogP contribution in [-0.4, -0.2) is 136 Å². The summed E-state index contributed by atoms with van der Waals surface area (Å²) >= 11 is 0. The number of hydrogen-bond donors (Lipinski definition) is 7. The fraction of sp³-hybridized carbons (Fsp3) is 1.00. The van der Waals surface area contributed by atoms with E-state index >= 15 is 0 Å². The molecule has 15 unspecified atom stereocenters. The van der Waals surface area contributed by atoms with Gasteiger partial charge in [-0.05, 0) is 34.6 Å². The first-order valence-corrected chi connectivity index (χ1v) is 14.7. The zero-order valence-electron chi connectivity index (χ0n) is 25.8. The Bertz CT molecular complexity index is 688. The number of ether oxygens (including phenoxy) is 6. The van der Waals surface area contributed by atoms with Crippen molar-refractivity contribution in [2.45, 2.75) is 190 Å². The van der Waals surface area contributed by atoms with Gasteiger partial charge in [0.25, 0.3) is 0 Å². The maximum Gasteiger partial charge on any atom is 0.186 e. The van der Waals surface area contributed by atoms with Crippen LogP contribution in [0.1, 0.15) is 122 Å². The van der Waals surface area contributed by atoms with Crippen LogP contribution >= 0.6 is 0 Å². The van der Waals surface area contributed by atoms with Crippen LogP contribution in [0.25, 0.3) is 0 Å². The fourth-order valence-corrected chi connectivity index (χ4v) is 4.83. The predicted molar refractivity (Wildman–Crippen MR) is 208 cm³/mol. The Labute approximate surface area is 310 Å². The highest BCUT2D eigenvalue weighted by Crippen LogP contribution is 2.30. The van der Waals surface area contributed by atoms with Gasteiger partial charge in [0.05, 0.1) is 55.8 Å². The molecule has 3 saturated heterocycles. The minimum absolute atomic E-state index is 0. The third kappa shape index (κ3) is 19.5. The minimum atomic E-state index is -1.05. The summed E-state index contributed by atoms with van der Waals surface area (Å²) < 4.78 is 31.8. The standard InChI is InChI=1S/C10H20O4.C9H18O5.C9H18O4.9CH4/c1-4-13-10-8(5-11)9(12)6(2)7(3)14-10;1-3-13-9-8(12)7(11)5(2)6(4-10)14-9;1-4-12-9-8(11)7(10)5(2)6(3)13-9;;;;;;;;;/h6-12H,4-5H2,1-3H3;5-12H,3-4H2,1-2H3;5-11H,4H2,1-3H3;9*1H4. The molecule has 0 aromatic heterocycles. The topological polar surface area (TPSA) is 197 Å². The van der Waals surface area contributed by atoms with Crippen LogP contribution in [-0.2, 0) is 28.4 Å². The summed E-state index contributed by atoms with van der Waals surface area (Å²) in [6.45, 7) is 15.8. The van der Waals surface area contributed by atoms with Gasteiger partial charge in [-0.1, -0.05) is 87.6 Å². The monoisotopic (exact) mass is 745 g/mol. The molecule has 13 nitrogen and oxygen atoms in total. The SMILES string of the molecule is C.C.C.C.C.C.C.C.C.CCOC1OC(C)C(C)C(O)C1CO.CCOC1OC(C)C(C)C(O)C1O.CCOC1OC(CO)C(C)C(O)C1O. The Kier molecular flexibility index (Phi) is 50.4. The molecule has 13 heteroatoms. The van der Waals surface area contributed by atoms with Crippen LogP contribution in [0.5, 0.6) is 0 Å². The van der Waals surface area contributed by atoms with Crippen molar-refractivity contribution in [3.05, 3.63) is 0 Å². The Morgan fingerprint density at radius 3 is 1.10 bits per heavy atom. The Hall–Kier alpha value is -0.520. The molecule has 15 atom stereocenters. The molecule has 0 aromatic carbocycles. The highest BCUT2D eigenvalue weighted by atomic mass is 16.7. The molecule has 0 aromatic rings. The number of rotatable bonds is 8. The van der Waals surface area contributed by atoms with Crippen LogP contribution in [0.2, 0.25) is 0 Å². The number of aliphatic hydroxyl groups excluding tert-OH is 7. The zero-order valence-corrected chi connectivity index (χ0v) is 25.8. The largest absolute Gasteiger partial charge is 0.396 e. The van der Waals surface area contributed by atoms with Crippen molar-refractivity contribution in [3.63, 3.8) is 0 Å². The predicted octanol–water partition coefficient (Wildman–Crippen LogP) is 5.32. The van der Waals surface area contributed by atoms with Crippen molar-refractivity contribution in [3.8, 4) is 0 Å². The van der Waals surface area contributed by atoms with E-state index in [9.17, 15) is 25.5 Å². The second-order valence-electron chi connectivity index (χ2n) is 10.9. The van der Waals surface area contributed by atoms with Gasteiger partial charge < -0.3 is 64.2 Å². The Morgan fingerprint density at radius 2 is 0.740 bits per heavy atom. The third-order valence-corrected chi connectivity index (χ3v) is 8.12. The lowest BCUT2D eigenvalue weighted by atomic mass is 9.86. The number of aliphatic hydroxyl groups is 7. The molecule has 3 rings (SSSR count). The molecule has 50 heavy (non-hydrogen) atoms. The maximum atomic E-state index is 9.88. The summed E-state index contributed by atoms with van der Waals surface area (Å²) in [6.07, 6.45) is -6.85. The lowest BCUT2D eigenvalue weighted by Gasteiger charge is -2.41. The van der Waals surface area contributed by atoms with E-state index in [1.54, 1.807) is 13.8 Å². The molecule has 0 aliphatic carbocycles. The first kappa shape index (κ1) is 71.0. The molecule has 0 spiro atoms. The summed E-state index contributed by atoms with van der Waals surface area (Å²) in [6, 6.07) is 0. The van der Waals surface area contributed by atoms with E-state index in [2.05, 4.69) is 0 Å². The van der Waals surface area contributed by atoms with Gasteiger partial charge in [-0.15, -0.1) is 0 Å². The van der Waals surface area contributed by atoms with Crippen LogP contribution in [0.3, 0.4) is 0 Å². The molecule has 3 heterocycles. The Morgan fingerprint density at radius 1 is 0.420 bits per heavy atom. The van der Waals surface area contributed by atoms with Crippen LogP contribution in [0, 0.1) is 23.7 Å². The molecular formula is C37H92O13. The van der Waals surface area contributed by atoms with Crippen LogP contribution in [0.15, 0.2) is 0 Å². The van der Waals surface area contributed by atoms with Crippen molar-refractivity contribution >= 4 is 0 Å². The quantitative estimate of drug-likeness (QED) is 0.169. The summed E-state index contributed by atoms with van der Waals surface area (Å²) in [5.74, 6) is -0.664. The van der Waals surface area contributed by atoms with E-state index in [0.717, 1.165) is 0 Å². The third-order valence-electron chi connectivity index (χ3n) is 8.12. The summed E-state index contributed by atoms with van der Waals surface area (Å²) in [5.41, 5.74) is 0. The van der Waals surface area contributed by atoms with E-state index in [1.165, 1.54) is 0 Å². The van der Waals surface area contributed by atoms with Crippen molar-refractivity contribution < 1.29 is 64.2 Å². The second-order valence-corrected chi connectivity index (χ2v) is 10.9. The molecule has 3 aliphatic rings. The van der Waals surface area contributed by atoms with Crippen LogP contribution < -0.4 is 0 Å². The summed E-state index contributed by atoms with van der Waals surface area (Å²) in [7, 11) is 0. The van der Waals surface area contributed by atoms with Crippen molar-refractivity contribution in [1.29, 1.82) is 0 Å². The van der Waals surface area contributed by atoms with Crippen molar-refractivity contribution in [1.82, 2.24) is 0 Å². The molecule has 318 valence electrons. The molecule has 0 radical (unpaired) electrons. The van der Waals surface area contributed by atoms with Gasteiger partial charge in [-0.25, -0.2) is 0 Å². The lowest BCUT2D eigenvalue weighted by Crippen LogP contribution is -2.55. The van der Waals surface area contributed by atoms with Gasteiger partial charge in [0.15, 0.2) is 18.9 Å². The first-order valence-electron chi connectivity index (χ1n) is 14.7. The van der Waals surface area contributed by atoms with Gasteiger partial charge in [0, 0.05) is 37.6 Å². The smallest absolute Gasteiger partial charge is 0.186 e. The van der Waals surface area contributed by atoms with E-state index < -0.39 is 55.5 Å². The number of hydrogen-bond acceptors (Lipinski definition) is 13. The van der Waals surface area contributed by atoms with Gasteiger partial charge in [0.1, 0.15) is 12.2 Å². The van der Waals surface area contributed by atoms with Gasteiger partial charge >= 0.3 is 0 Å². The van der Waals surface area contributed by atoms with E-state index in [4.69, 9.17) is 38.6 Å². The molecule has 0 saturated carbocycles. The van der Waals surface area contributed by atoms with Crippen LogP contribution in [0.4, 0.5) is 0 Å². The van der Waals surface area contributed by atoms with Crippen molar-refractivity contribution in [2.24, 2.45) is 23.7 Å². The maximum absolute atomic E-state index is 9.88. The highest BCUT2D eigenvalue weighted by molar-refractivity contribution is 4.87. The van der Waals surface area contributed by atoms with Gasteiger partial charge in [0.2, 0.25) is 0 Å². The summed E-state index contributed by atoms with van der Waals surface area (Å²) in [4.78, 5) is 0. The molecule has 3 aliphatic heterocycles. The molecular weight excluding hydrogens is 652 g/mol. The lowest BCUT2D eigenvalue weighted by molar-refractivity contribution is -0.286. The molecule has 0 bridgehead atoms. The average Bonchev–Trinajstić information content (AvgIpc) is 2.95. The van der Waals surface area contributed by atoms with E-state index in [0.29, 0.717) is 19.8 Å². The first-order chi connectivity index (χ1) is 19.3. The molecule has 3 fully saturated rings. The fourth-order valence-electron chi connectivity index (χ4n) is 4.83. The Balaban J connectivity index is -0.0000000661. The summed E-state index contributed by atoms with van der Waals surface area (Å²) in [5, 5.41) is 66.4. The molecule has 7 N–H and O–H groups in total. The average molecular weight is 745 g/mol. The minimum Gasteiger partial charge on any atom is -0.396 e. The normalized spacial score (nSPS) is 36.7. The molecule has 0 amide bonds. The highest BCUT2D eigenvalue weighted by Gasteiger charge is 2.43. The van der Waals surface area contributed by atoms with E-state index in [1.807, 2.05) is 41.5 Å². The second kappa shape index (κ2) is 35.5. The van der Waals surface area contributed by atoms with E-state index in [-0.39, 0.29) is 116 Å². The van der Waals surface area contributed by atoms with Gasteiger partial charge in [-0.2, -0.15) is 0 Å². The van der Waals surface area contributed by atoms with Gasteiger partial charge in [-0.3, -0.25) is 0 Å².